The molecule has 0 aliphatic heterocycles. The van der Waals surface area contributed by atoms with Gasteiger partial charge in [-0.3, -0.25) is 4.79 Å². The molecular weight excluding hydrogens is 326 g/mol. The fourth-order valence-corrected chi connectivity index (χ4v) is 3.24. The summed E-state index contributed by atoms with van der Waals surface area (Å²) in [6, 6.07) is 7.85. The Labute approximate surface area is 148 Å². The number of para-hydroxylation sites is 1. The van der Waals surface area contributed by atoms with E-state index in [0.29, 0.717) is 12.3 Å². The van der Waals surface area contributed by atoms with Crippen LogP contribution in [-0.4, -0.2) is 26.7 Å². The Morgan fingerprint density at radius 3 is 2.88 bits per heavy atom. The van der Waals surface area contributed by atoms with Gasteiger partial charge in [-0.05, 0) is 37.8 Å². The van der Waals surface area contributed by atoms with Gasteiger partial charge in [0.05, 0.1) is 5.69 Å². The molecule has 1 aromatic heterocycles. The third kappa shape index (κ3) is 3.94. The highest BCUT2D eigenvalue weighted by Crippen LogP contribution is 2.29. The van der Waals surface area contributed by atoms with Gasteiger partial charge >= 0.3 is 0 Å². The van der Waals surface area contributed by atoms with Crippen LogP contribution >= 0.6 is 12.4 Å². The fourth-order valence-electron chi connectivity index (χ4n) is 3.24. The highest BCUT2D eigenvalue weighted by Gasteiger charge is 2.26. The zero-order chi connectivity index (χ0) is 16.2. The Morgan fingerprint density at radius 1 is 1.38 bits per heavy atom. The van der Waals surface area contributed by atoms with Gasteiger partial charge in [-0.15, -0.1) is 22.6 Å². The van der Waals surface area contributed by atoms with Crippen LogP contribution in [0.25, 0.3) is 11.4 Å². The van der Waals surface area contributed by atoms with Crippen LogP contribution in [-0.2, 0) is 11.3 Å². The summed E-state index contributed by atoms with van der Waals surface area (Å²) >= 11 is 0. The van der Waals surface area contributed by atoms with Crippen molar-refractivity contribution in [2.24, 2.45) is 11.7 Å². The molecule has 0 bridgehead atoms. The second-order valence-electron chi connectivity index (χ2n) is 6.09. The van der Waals surface area contributed by atoms with E-state index in [0.717, 1.165) is 42.9 Å². The van der Waals surface area contributed by atoms with Gasteiger partial charge in [-0.1, -0.05) is 18.6 Å². The number of hydrogen-bond donors (Lipinski definition) is 2. The number of benzene rings is 1. The molecule has 6 nitrogen and oxygen atoms in total. The monoisotopic (exact) mass is 349 g/mol. The largest absolute Gasteiger partial charge is 0.327 e. The number of halogens is 1. The highest BCUT2D eigenvalue weighted by molar-refractivity contribution is 5.94. The lowest BCUT2D eigenvalue weighted by molar-refractivity contribution is -0.117. The van der Waals surface area contributed by atoms with Crippen LogP contribution in [0.15, 0.2) is 30.6 Å². The number of rotatable bonds is 5. The molecule has 0 spiro atoms. The van der Waals surface area contributed by atoms with Crippen LogP contribution in [0.2, 0.25) is 0 Å². The number of hydrogen-bond acceptors (Lipinski definition) is 4. The summed E-state index contributed by atoms with van der Waals surface area (Å²) in [7, 11) is 0. The van der Waals surface area contributed by atoms with Gasteiger partial charge in [0.15, 0.2) is 5.82 Å². The first-order chi connectivity index (χ1) is 11.2. The average molecular weight is 350 g/mol. The molecule has 2 atom stereocenters. The molecular formula is C17H24ClN5O. The van der Waals surface area contributed by atoms with Crippen molar-refractivity contribution in [1.82, 2.24) is 14.8 Å². The number of carbonyl (C=O) groups is 1. The Morgan fingerprint density at radius 2 is 2.17 bits per heavy atom. The van der Waals surface area contributed by atoms with Gasteiger partial charge < -0.3 is 15.6 Å². The van der Waals surface area contributed by atoms with E-state index in [1.165, 1.54) is 0 Å². The second-order valence-corrected chi connectivity index (χ2v) is 6.09. The maximum atomic E-state index is 12.4. The number of amides is 1. The number of nitrogens with zero attached hydrogens (tertiary/aromatic N) is 3. The van der Waals surface area contributed by atoms with Gasteiger partial charge in [0, 0.05) is 24.6 Å². The SMILES string of the molecule is CCn1cnnc1-c1ccccc1NC(=O)C[C@@H]1CCC[C@H]1N.Cl. The Balaban J connectivity index is 0.00000208. The van der Waals surface area contributed by atoms with E-state index in [2.05, 4.69) is 15.5 Å². The first-order valence-electron chi connectivity index (χ1n) is 8.21. The molecule has 130 valence electrons. The topological polar surface area (TPSA) is 85.8 Å². The normalized spacial score (nSPS) is 19.8. The molecule has 1 aliphatic rings. The molecule has 0 unspecified atom stereocenters. The van der Waals surface area contributed by atoms with Crippen molar-refractivity contribution < 1.29 is 4.79 Å². The minimum atomic E-state index is 0. The van der Waals surface area contributed by atoms with E-state index >= 15 is 0 Å². The van der Waals surface area contributed by atoms with Gasteiger partial charge in [0.1, 0.15) is 6.33 Å². The van der Waals surface area contributed by atoms with Crippen molar-refractivity contribution in [3.05, 3.63) is 30.6 Å². The number of aryl methyl sites for hydroxylation is 1. The molecule has 0 radical (unpaired) electrons. The summed E-state index contributed by atoms with van der Waals surface area (Å²) in [5.74, 6) is 1.07. The molecule has 3 N–H and O–H groups in total. The van der Waals surface area contributed by atoms with E-state index < -0.39 is 0 Å². The molecule has 1 fully saturated rings. The minimum absolute atomic E-state index is 0. The van der Waals surface area contributed by atoms with E-state index in [-0.39, 0.29) is 24.4 Å². The van der Waals surface area contributed by atoms with Gasteiger partial charge in [-0.25, -0.2) is 0 Å². The minimum Gasteiger partial charge on any atom is -0.327 e. The van der Waals surface area contributed by atoms with Crippen molar-refractivity contribution >= 4 is 24.0 Å². The lowest BCUT2D eigenvalue weighted by Crippen LogP contribution is -2.28. The van der Waals surface area contributed by atoms with Crippen molar-refractivity contribution in [2.45, 2.75) is 45.2 Å². The number of carbonyl (C=O) groups excluding carboxylic acids is 1. The third-order valence-corrected chi connectivity index (χ3v) is 4.56. The van der Waals surface area contributed by atoms with Crippen molar-refractivity contribution in [3.63, 3.8) is 0 Å². The molecule has 7 heteroatoms. The zero-order valence-electron chi connectivity index (χ0n) is 13.8. The van der Waals surface area contributed by atoms with E-state index in [9.17, 15) is 4.79 Å². The molecule has 3 rings (SSSR count). The first kappa shape index (κ1) is 18.4. The molecule has 1 heterocycles. The number of anilines is 1. The third-order valence-electron chi connectivity index (χ3n) is 4.56. The van der Waals surface area contributed by atoms with E-state index in [1.54, 1.807) is 6.33 Å². The molecule has 2 aromatic rings. The molecule has 1 aliphatic carbocycles. The predicted octanol–water partition coefficient (Wildman–Crippen LogP) is 2.84. The van der Waals surface area contributed by atoms with Crippen LogP contribution < -0.4 is 11.1 Å². The van der Waals surface area contributed by atoms with Crippen LogP contribution in [0, 0.1) is 5.92 Å². The number of aromatic nitrogens is 3. The van der Waals surface area contributed by atoms with E-state index in [4.69, 9.17) is 5.73 Å². The summed E-state index contributed by atoms with van der Waals surface area (Å²) in [6.45, 7) is 2.82. The van der Waals surface area contributed by atoms with Crippen molar-refractivity contribution in [1.29, 1.82) is 0 Å². The van der Waals surface area contributed by atoms with Gasteiger partial charge in [-0.2, -0.15) is 0 Å². The second kappa shape index (κ2) is 8.26. The van der Waals surface area contributed by atoms with Crippen LogP contribution in [0.1, 0.15) is 32.6 Å². The number of nitrogens with two attached hydrogens (primary N) is 1. The Kier molecular flexibility index (Phi) is 6.34. The van der Waals surface area contributed by atoms with Crippen molar-refractivity contribution in [2.75, 3.05) is 5.32 Å². The zero-order valence-corrected chi connectivity index (χ0v) is 14.6. The standard InChI is InChI=1S/C17H23N5O.ClH/c1-2-22-11-19-21-17(22)13-7-3-4-9-15(13)20-16(23)10-12-6-5-8-14(12)18;/h3-4,7,9,11-12,14H,2,5-6,8,10,18H2,1H3,(H,20,23);1H/t12-,14+;/m0./s1. The summed E-state index contributed by atoms with van der Waals surface area (Å²) in [5.41, 5.74) is 7.72. The smallest absolute Gasteiger partial charge is 0.224 e. The quantitative estimate of drug-likeness (QED) is 0.869. The molecule has 0 saturated heterocycles. The first-order valence-corrected chi connectivity index (χ1v) is 8.21. The summed E-state index contributed by atoms with van der Waals surface area (Å²) in [6.07, 6.45) is 5.37. The molecule has 1 aromatic carbocycles. The molecule has 1 amide bonds. The van der Waals surface area contributed by atoms with Crippen molar-refractivity contribution in [3.8, 4) is 11.4 Å². The summed E-state index contributed by atoms with van der Waals surface area (Å²) < 4.78 is 1.96. The lowest BCUT2D eigenvalue weighted by Gasteiger charge is -2.16. The fraction of sp³-hybridized carbons (Fsp3) is 0.471. The average Bonchev–Trinajstić information content (AvgIpc) is 3.17. The molecule has 24 heavy (non-hydrogen) atoms. The Hall–Kier alpha value is -1.92. The predicted molar refractivity (Wildman–Crippen MR) is 96.9 cm³/mol. The maximum Gasteiger partial charge on any atom is 0.224 e. The molecule has 1 saturated carbocycles. The maximum absolute atomic E-state index is 12.4. The van der Waals surface area contributed by atoms with Gasteiger partial charge in [0.2, 0.25) is 5.91 Å². The lowest BCUT2D eigenvalue weighted by atomic mass is 9.99. The van der Waals surface area contributed by atoms with Gasteiger partial charge in [0.25, 0.3) is 0 Å². The van der Waals surface area contributed by atoms with E-state index in [1.807, 2.05) is 35.8 Å². The Bertz CT molecular complexity index is 687. The van der Waals surface area contributed by atoms with Crippen LogP contribution in [0.3, 0.4) is 0 Å². The number of nitrogens with one attached hydrogen (secondary N) is 1. The highest BCUT2D eigenvalue weighted by atomic mass is 35.5. The summed E-state index contributed by atoms with van der Waals surface area (Å²) in [5, 5.41) is 11.2. The summed E-state index contributed by atoms with van der Waals surface area (Å²) in [4.78, 5) is 12.4. The van der Waals surface area contributed by atoms with Crippen LogP contribution in [0.5, 0.6) is 0 Å². The van der Waals surface area contributed by atoms with Crippen LogP contribution in [0.4, 0.5) is 5.69 Å².